The summed E-state index contributed by atoms with van der Waals surface area (Å²) in [6, 6.07) is 8.28. The molecule has 0 spiro atoms. The molecule has 3 aliphatic carbocycles. The van der Waals surface area contributed by atoms with Crippen LogP contribution in [-0.4, -0.2) is 5.54 Å². The third kappa shape index (κ3) is 1.86. The summed E-state index contributed by atoms with van der Waals surface area (Å²) in [5.74, 6) is 3.67. The third-order valence-corrected chi connectivity index (χ3v) is 6.38. The van der Waals surface area contributed by atoms with Crippen molar-refractivity contribution < 1.29 is 0 Å². The Bertz CT molecular complexity index is 483. The quantitative estimate of drug-likeness (QED) is 0.866. The van der Waals surface area contributed by atoms with E-state index in [-0.39, 0.29) is 5.54 Å². The van der Waals surface area contributed by atoms with Crippen LogP contribution in [-0.2, 0) is 6.42 Å². The van der Waals surface area contributed by atoms with Gasteiger partial charge < -0.3 is 5.73 Å². The fraction of sp³-hybridized carbons (Fsp3) is 0.647. The van der Waals surface area contributed by atoms with Gasteiger partial charge in [-0.2, -0.15) is 0 Å². The van der Waals surface area contributed by atoms with Gasteiger partial charge >= 0.3 is 0 Å². The molecule has 5 atom stereocenters. The number of fused-ring (bicyclic) bond motifs is 5. The minimum Gasteiger partial charge on any atom is -0.325 e. The van der Waals surface area contributed by atoms with Crippen molar-refractivity contribution >= 4 is 11.6 Å². The molecule has 1 nitrogen and oxygen atoms in total. The molecule has 0 aliphatic heterocycles. The van der Waals surface area contributed by atoms with E-state index in [1.807, 2.05) is 12.1 Å². The Hall–Kier alpha value is -0.530. The number of benzene rings is 1. The van der Waals surface area contributed by atoms with Crippen molar-refractivity contribution in [3.63, 3.8) is 0 Å². The van der Waals surface area contributed by atoms with Crippen molar-refractivity contribution in [3.8, 4) is 0 Å². The third-order valence-electron chi connectivity index (χ3n) is 6.13. The molecule has 0 heterocycles. The second-order valence-electron chi connectivity index (χ2n) is 7.10. The maximum absolute atomic E-state index is 6.84. The van der Waals surface area contributed by atoms with E-state index in [1.54, 1.807) is 0 Å². The van der Waals surface area contributed by atoms with Crippen molar-refractivity contribution in [2.45, 2.75) is 44.1 Å². The van der Waals surface area contributed by atoms with Crippen LogP contribution in [0.15, 0.2) is 24.3 Å². The van der Waals surface area contributed by atoms with Crippen LogP contribution >= 0.6 is 11.6 Å². The fourth-order valence-corrected chi connectivity index (χ4v) is 5.62. The molecule has 0 radical (unpaired) electrons. The van der Waals surface area contributed by atoms with Crippen molar-refractivity contribution in [3.05, 3.63) is 34.9 Å². The predicted octanol–water partition coefficient (Wildman–Crippen LogP) is 4.04. The Morgan fingerprint density at radius 2 is 1.89 bits per heavy atom. The van der Waals surface area contributed by atoms with Gasteiger partial charge in [-0.25, -0.2) is 0 Å². The second-order valence-corrected chi connectivity index (χ2v) is 7.54. The van der Waals surface area contributed by atoms with Gasteiger partial charge in [-0.15, -0.1) is 0 Å². The van der Waals surface area contributed by atoms with E-state index in [2.05, 4.69) is 12.1 Å². The molecule has 1 aromatic rings. The monoisotopic (exact) mass is 275 g/mol. The average molecular weight is 276 g/mol. The Balaban J connectivity index is 1.56. The van der Waals surface area contributed by atoms with Crippen molar-refractivity contribution in [1.29, 1.82) is 0 Å². The summed E-state index contributed by atoms with van der Waals surface area (Å²) in [5, 5.41) is 0.818. The Labute approximate surface area is 120 Å². The van der Waals surface area contributed by atoms with Gasteiger partial charge in [-0.3, -0.25) is 0 Å². The lowest BCUT2D eigenvalue weighted by molar-refractivity contribution is 0.156. The summed E-state index contributed by atoms with van der Waals surface area (Å²) in [5.41, 5.74) is 8.25. The highest BCUT2D eigenvalue weighted by molar-refractivity contribution is 6.30. The standard InChI is InChI=1S/C17H22ClN/c18-13-6-4-11(5-7-13)9-17(19)10-12-8-16(17)15-3-1-2-14(12)15/h4-7,12,14-16H,1-3,8-10,19H2. The van der Waals surface area contributed by atoms with Crippen LogP contribution in [0.4, 0.5) is 0 Å². The van der Waals surface area contributed by atoms with E-state index in [0.717, 1.165) is 35.1 Å². The lowest BCUT2D eigenvalue weighted by Crippen LogP contribution is -2.50. The molecule has 1 aromatic carbocycles. The molecule has 2 bridgehead atoms. The molecule has 2 heteroatoms. The lowest BCUT2D eigenvalue weighted by Gasteiger charge is -2.40. The second kappa shape index (κ2) is 4.23. The van der Waals surface area contributed by atoms with Crippen molar-refractivity contribution in [2.75, 3.05) is 0 Å². The summed E-state index contributed by atoms with van der Waals surface area (Å²) >= 11 is 5.97. The van der Waals surface area contributed by atoms with Gasteiger partial charge in [-0.05, 0) is 73.5 Å². The summed E-state index contributed by atoms with van der Waals surface area (Å²) in [6.07, 6.45) is 8.04. The van der Waals surface area contributed by atoms with Crippen LogP contribution in [0.25, 0.3) is 0 Å². The topological polar surface area (TPSA) is 26.0 Å². The molecule has 3 fully saturated rings. The van der Waals surface area contributed by atoms with Gasteiger partial charge in [0.25, 0.3) is 0 Å². The van der Waals surface area contributed by atoms with Gasteiger partial charge in [0.1, 0.15) is 0 Å². The van der Waals surface area contributed by atoms with Crippen LogP contribution in [0.2, 0.25) is 5.02 Å². The van der Waals surface area contributed by atoms with Crippen LogP contribution in [0, 0.1) is 23.7 Å². The van der Waals surface area contributed by atoms with Crippen LogP contribution in [0.1, 0.15) is 37.7 Å². The number of rotatable bonds is 2. The highest BCUT2D eigenvalue weighted by Crippen LogP contribution is 2.62. The van der Waals surface area contributed by atoms with Crippen molar-refractivity contribution in [2.24, 2.45) is 29.4 Å². The Morgan fingerprint density at radius 3 is 2.68 bits per heavy atom. The van der Waals surface area contributed by atoms with Gasteiger partial charge in [0.2, 0.25) is 0 Å². The summed E-state index contributed by atoms with van der Waals surface area (Å²) in [7, 11) is 0. The Morgan fingerprint density at radius 1 is 1.16 bits per heavy atom. The molecule has 4 rings (SSSR count). The van der Waals surface area contributed by atoms with Crippen molar-refractivity contribution in [1.82, 2.24) is 0 Å². The molecule has 5 unspecified atom stereocenters. The fourth-order valence-electron chi connectivity index (χ4n) is 5.50. The van der Waals surface area contributed by atoms with E-state index < -0.39 is 0 Å². The first-order valence-corrected chi connectivity index (χ1v) is 8.07. The number of halogens is 1. The normalized spacial score (nSPS) is 43.7. The zero-order chi connectivity index (χ0) is 13.0. The highest BCUT2D eigenvalue weighted by atomic mass is 35.5. The minimum absolute atomic E-state index is 0.0595. The van der Waals surface area contributed by atoms with Crippen LogP contribution < -0.4 is 5.73 Å². The summed E-state index contributed by atoms with van der Waals surface area (Å²) in [6.45, 7) is 0. The van der Waals surface area contributed by atoms with Gasteiger partial charge in [-0.1, -0.05) is 30.2 Å². The number of hydrogen-bond donors (Lipinski definition) is 1. The van der Waals surface area contributed by atoms with Gasteiger partial charge in [0.15, 0.2) is 0 Å². The van der Waals surface area contributed by atoms with Gasteiger partial charge in [0.05, 0.1) is 0 Å². The molecule has 19 heavy (non-hydrogen) atoms. The molecular formula is C17H22ClN. The lowest BCUT2D eigenvalue weighted by atomic mass is 9.69. The summed E-state index contributed by atoms with van der Waals surface area (Å²) < 4.78 is 0. The molecule has 3 aliphatic rings. The molecule has 0 amide bonds. The number of hydrogen-bond acceptors (Lipinski definition) is 1. The predicted molar refractivity (Wildman–Crippen MR) is 79.1 cm³/mol. The average Bonchev–Trinajstić information content (AvgIpc) is 3.02. The zero-order valence-electron chi connectivity index (χ0n) is 11.3. The highest BCUT2D eigenvalue weighted by Gasteiger charge is 2.58. The SMILES string of the molecule is NC1(Cc2ccc(Cl)cc2)CC2CC1C1CCCC21. The van der Waals surface area contributed by atoms with E-state index in [0.29, 0.717) is 0 Å². The molecule has 2 N–H and O–H groups in total. The minimum atomic E-state index is 0.0595. The van der Waals surface area contributed by atoms with E-state index in [4.69, 9.17) is 17.3 Å². The maximum atomic E-state index is 6.84. The first kappa shape index (κ1) is 12.2. The molecule has 102 valence electrons. The molecule has 0 saturated heterocycles. The Kier molecular flexibility index (Phi) is 2.72. The van der Waals surface area contributed by atoms with Gasteiger partial charge in [0, 0.05) is 10.6 Å². The van der Waals surface area contributed by atoms with Crippen LogP contribution in [0.5, 0.6) is 0 Å². The van der Waals surface area contributed by atoms with E-state index >= 15 is 0 Å². The summed E-state index contributed by atoms with van der Waals surface area (Å²) in [4.78, 5) is 0. The largest absolute Gasteiger partial charge is 0.325 e. The van der Waals surface area contributed by atoms with E-state index in [1.165, 1.54) is 37.7 Å². The number of nitrogens with two attached hydrogens (primary N) is 1. The first-order chi connectivity index (χ1) is 9.16. The van der Waals surface area contributed by atoms with E-state index in [9.17, 15) is 0 Å². The van der Waals surface area contributed by atoms with Crippen LogP contribution in [0.3, 0.4) is 0 Å². The smallest absolute Gasteiger partial charge is 0.0406 e. The zero-order valence-corrected chi connectivity index (χ0v) is 12.1. The molecule has 3 saturated carbocycles. The first-order valence-electron chi connectivity index (χ1n) is 7.69. The molecule has 0 aromatic heterocycles. The molecular weight excluding hydrogens is 254 g/mol. The maximum Gasteiger partial charge on any atom is 0.0406 e.